The van der Waals surface area contributed by atoms with Gasteiger partial charge in [-0.1, -0.05) is 32.1 Å². The molecule has 2 aliphatic heterocycles. The molecular formula is C33H58N4O4+2. The van der Waals surface area contributed by atoms with Crippen LogP contribution >= 0.6 is 0 Å². The van der Waals surface area contributed by atoms with E-state index >= 15 is 0 Å². The number of nitrogens with zero attached hydrogens (tertiary/aromatic N) is 4. The van der Waals surface area contributed by atoms with E-state index in [0.29, 0.717) is 13.1 Å². The Hall–Kier alpha value is -1.80. The minimum Gasteiger partial charge on any atom is -0.328 e. The van der Waals surface area contributed by atoms with Crippen molar-refractivity contribution in [3.05, 3.63) is 0 Å². The summed E-state index contributed by atoms with van der Waals surface area (Å²) in [5.41, 5.74) is 0. The van der Waals surface area contributed by atoms with Crippen LogP contribution in [0.15, 0.2) is 0 Å². The molecule has 0 aromatic rings. The zero-order valence-corrected chi connectivity index (χ0v) is 26.6. The van der Waals surface area contributed by atoms with E-state index in [1.165, 1.54) is 32.1 Å². The van der Waals surface area contributed by atoms with Crippen LogP contribution in [-0.4, -0.2) is 110 Å². The fourth-order valence-corrected chi connectivity index (χ4v) is 8.05. The first-order valence-corrected chi connectivity index (χ1v) is 16.9. The molecule has 0 N–H and O–H groups in total. The summed E-state index contributed by atoms with van der Waals surface area (Å²) in [6.45, 7) is 5.43. The summed E-state index contributed by atoms with van der Waals surface area (Å²) < 4.78 is 1.88. The second-order valence-electron chi connectivity index (χ2n) is 14.9. The summed E-state index contributed by atoms with van der Waals surface area (Å²) in [7, 11) is 9.07. The van der Waals surface area contributed by atoms with Crippen molar-refractivity contribution in [2.75, 3.05) is 67.5 Å². The lowest BCUT2D eigenvalue weighted by Crippen LogP contribution is -2.43. The molecular weight excluding hydrogens is 516 g/mol. The number of unbranched alkanes of at least 4 members (excludes halogenated alkanes) is 4. The van der Waals surface area contributed by atoms with Crippen LogP contribution in [0.1, 0.15) is 96.3 Å². The highest BCUT2D eigenvalue weighted by Gasteiger charge is 2.48. The first-order valence-electron chi connectivity index (χ1n) is 16.9. The predicted molar refractivity (Wildman–Crippen MR) is 160 cm³/mol. The van der Waals surface area contributed by atoms with E-state index in [9.17, 15) is 19.2 Å². The van der Waals surface area contributed by atoms with E-state index in [1.54, 1.807) is 9.80 Å². The Morgan fingerprint density at radius 2 is 0.732 bits per heavy atom. The number of quaternary nitrogens is 2. The molecule has 0 bridgehead atoms. The number of hydrogen-bond acceptors (Lipinski definition) is 4. The van der Waals surface area contributed by atoms with E-state index in [-0.39, 0.29) is 47.3 Å². The molecule has 41 heavy (non-hydrogen) atoms. The Balaban J connectivity index is 1.03. The van der Waals surface area contributed by atoms with Crippen molar-refractivity contribution < 1.29 is 28.1 Å². The van der Waals surface area contributed by atoms with Crippen molar-refractivity contribution in [2.24, 2.45) is 23.7 Å². The van der Waals surface area contributed by atoms with Gasteiger partial charge in [0.25, 0.3) is 0 Å². The van der Waals surface area contributed by atoms with Crippen LogP contribution in [0.4, 0.5) is 0 Å². The molecule has 4 fully saturated rings. The number of carbonyl (C=O) groups is 4. The summed E-state index contributed by atoms with van der Waals surface area (Å²) in [6.07, 6.45) is 15.8. The van der Waals surface area contributed by atoms with Gasteiger partial charge in [-0.15, -0.1) is 0 Å². The minimum atomic E-state index is -0.0289. The summed E-state index contributed by atoms with van der Waals surface area (Å²) in [5.74, 6) is 0.277. The molecule has 8 heteroatoms. The van der Waals surface area contributed by atoms with Gasteiger partial charge in [-0.25, -0.2) is 0 Å². The lowest BCUT2D eigenvalue weighted by molar-refractivity contribution is -0.890. The molecule has 8 nitrogen and oxygen atoms in total. The number of rotatable bonds is 16. The van der Waals surface area contributed by atoms with Crippen molar-refractivity contribution in [2.45, 2.75) is 96.3 Å². The Morgan fingerprint density at radius 1 is 0.463 bits per heavy atom. The standard InChI is InChI=1S/C33H58N4O4/c1-36(2,24-14-20-34-30(38)26-16-8-9-17-27(26)31(34)39)22-12-6-5-7-13-23-37(3,4)25-15-21-35-32(40)28-18-10-11-19-29(28)33(35)41/h26-29H,5-25H2,1-4H3/q+2/t26-,27-,28+,29+. The van der Waals surface area contributed by atoms with Crippen molar-refractivity contribution in [1.82, 2.24) is 9.80 Å². The summed E-state index contributed by atoms with van der Waals surface area (Å²) in [5, 5.41) is 0. The average molecular weight is 575 g/mol. The minimum absolute atomic E-state index is 0.0289. The highest BCUT2D eigenvalue weighted by Crippen LogP contribution is 2.39. The molecule has 4 atom stereocenters. The molecule has 0 unspecified atom stereocenters. The van der Waals surface area contributed by atoms with Gasteiger partial charge in [-0.05, 0) is 51.4 Å². The van der Waals surface area contributed by atoms with Crippen LogP contribution in [-0.2, 0) is 19.2 Å². The lowest BCUT2D eigenvalue weighted by atomic mass is 9.81. The van der Waals surface area contributed by atoms with Gasteiger partial charge >= 0.3 is 0 Å². The van der Waals surface area contributed by atoms with E-state index in [1.807, 2.05) is 0 Å². The van der Waals surface area contributed by atoms with Crippen LogP contribution in [0.3, 0.4) is 0 Å². The topological polar surface area (TPSA) is 74.8 Å². The number of carbonyl (C=O) groups excluding carboxylic acids is 4. The van der Waals surface area contributed by atoms with E-state index in [2.05, 4.69) is 28.2 Å². The fraction of sp³-hybridized carbons (Fsp3) is 0.879. The fourth-order valence-electron chi connectivity index (χ4n) is 8.05. The van der Waals surface area contributed by atoms with Crippen molar-refractivity contribution >= 4 is 23.6 Å². The van der Waals surface area contributed by atoms with Gasteiger partial charge in [-0.3, -0.25) is 29.0 Å². The molecule has 0 aromatic carbocycles. The zero-order chi connectivity index (χ0) is 29.6. The van der Waals surface area contributed by atoms with Gasteiger partial charge in [0.15, 0.2) is 0 Å². The Kier molecular flexibility index (Phi) is 11.1. The highest BCUT2D eigenvalue weighted by atomic mass is 16.2. The first-order chi connectivity index (χ1) is 19.5. The Morgan fingerprint density at radius 3 is 1.05 bits per heavy atom. The van der Waals surface area contributed by atoms with Crippen molar-refractivity contribution in [3.63, 3.8) is 0 Å². The number of imide groups is 2. The molecule has 2 saturated carbocycles. The maximum atomic E-state index is 12.7. The molecule has 0 aromatic heterocycles. The third kappa shape index (κ3) is 8.19. The second kappa shape index (κ2) is 14.1. The molecule has 2 saturated heterocycles. The third-order valence-electron chi connectivity index (χ3n) is 10.7. The van der Waals surface area contributed by atoms with E-state index in [0.717, 1.165) is 99.4 Å². The summed E-state index contributed by atoms with van der Waals surface area (Å²) >= 11 is 0. The molecule has 2 heterocycles. The maximum Gasteiger partial charge on any atom is 0.233 e. The van der Waals surface area contributed by atoms with Gasteiger partial charge in [0, 0.05) is 25.9 Å². The first kappa shape index (κ1) is 32.1. The normalized spacial score (nSPS) is 27.1. The zero-order valence-electron chi connectivity index (χ0n) is 26.6. The predicted octanol–water partition coefficient (Wildman–Crippen LogP) is 4.22. The third-order valence-corrected chi connectivity index (χ3v) is 10.7. The average Bonchev–Trinajstić information content (AvgIpc) is 3.33. The highest BCUT2D eigenvalue weighted by molar-refractivity contribution is 6.05. The molecule has 0 spiro atoms. The van der Waals surface area contributed by atoms with Gasteiger partial charge in [0.1, 0.15) is 0 Å². The number of hydrogen-bond donors (Lipinski definition) is 0. The monoisotopic (exact) mass is 574 g/mol. The number of likely N-dealkylation sites (tertiary alicyclic amines) is 2. The Labute approximate surface area is 248 Å². The maximum absolute atomic E-state index is 12.7. The van der Waals surface area contributed by atoms with Gasteiger partial charge in [0.2, 0.25) is 23.6 Å². The van der Waals surface area contributed by atoms with Crippen LogP contribution in [0, 0.1) is 23.7 Å². The second-order valence-corrected chi connectivity index (χ2v) is 14.9. The molecule has 0 radical (unpaired) electrons. The van der Waals surface area contributed by atoms with Crippen LogP contribution in [0.25, 0.3) is 0 Å². The van der Waals surface area contributed by atoms with Crippen molar-refractivity contribution in [3.8, 4) is 0 Å². The number of fused-ring (bicyclic) bond motifs is 2. The summed E-state index contributed by atoms with van der Waals surface area (Å²) in [4.78, 5) is 54.0. The SMILES string of the molecule is C[N+](C)(CCCCCCC[N+](C)(C)CCCN1C(=O)[C@@H]2CCCC[C@H]2C1=O)CCCN1C(=O)[C@H]2CCCC[C@@H]2C1=O. The van der Waals surface area contributed by atoms with E-state index in [4.69, 9.17) is 0 Å². The van der Waals surface area contributed by atoms with Crippen LogP contribution in [0.5, 0.6) is 0 Å². The van der Waals surface area contributed by atoms with Gasteiger partial charge in [0.05, 0.1) is 78.0 Å². The Bertz CT molecular complexity index is 826. The van der Waals surface area contributed by atoms with Crippen molar-refractivity contribution in [1.29, 1.82) is 0 Å². The molecule has 2 aliphatic carbocycles. The van der Waals surface area contributed by atoms with E-state index < -0.39 is 0 Å². The smallest absolute Gasteiger partial charge is 0.233 e. The van der Waals surface area contributed by atoms with Gasteiger partial charge in [-0.2, -0.15) is 0 Å². The molecule has 232 valence electrons. The quantitative estimate of drug-likeness (QED) is 0.157. The van der Waals surface area contributed by atoms with Crippen LogP contribution < -0.4 is 0 Å². The van der Waals surface area contributed by atoms with Gasteiger partial charge < -0.3 is 8.97 Å². The molecule has 4 rings (SSSR count). The largest absolute Gasteiger partial charge is 0.328 e. The lowest BCUT2D eigenvalue weighted by Gasteiger charge is -2.31. The summed E-state index contributed by atoms with van der Waals surface area (Å²) in [6, 6.07) is 0. The molecule has 4 amide bonds. The number of amides is 4. The molecule has 4 aliphatic rings. The van der Waals surface area contributed by atoms with Crippen LogP contribution in [0.2, 0.25) is 0 Å².